The summed E-state index contributed by atoms with van der Waals surface area (Å²) in [5, 5.41) is 8.19. The van der Waals surface area contributed by atoms with Crippen LogP contribution in [0.2, 0.25) is 0 Å². The molecule has 0 fully saturated rings. The molecule has 0 N–H and O–H groups in total. The molecule has 1 aromatic heterocycles. The summed E-state index contributed by atoms with van der Waals surface area (Å²) < 4.78 is 24.1. The lowest BCUT2D eigenvalue weighted by Gasteiger charge is -2.03. The molecule has 3 aromatic rings. The molecule has 0 radical (unpaired) electrons. The molecule has 3 rings (SSSR count). The predicted molar refractivity (Wildman–Crippen MR) is 92.5 cm³/mol. The molecule has 0 saturated carbocycles. The van der Waals surface area contributed by atoms with Crippen molar-refractivity contribution in [1.82, 2.24) is 10.2 Å². The van der Waals surface area contributed by atoms with Crippen LogP contribution >= 0.6 is 11.8 Å². The van der Waals surface area contributed by atoms with Gasteiger partial charge in [0.1, 0.15) is 0 Å². The molecule has 0 unspecified atom stereocenters. The van der Waals surface area contributed by atoms with E-state index in [2.05, 4.69) is 10.2 Å². The van der Waals surface area contributed by atoms with Crippen LogP contribution in [0.25, 0.3) is 11.5 Å². The van der Waals surface area contributed by atoms with Crippen molar-refractivity contribution in [2.45, 2.75) is 12.1 Å². The van der Waals surface area contributed by atoms with Crippen LogP contribution in [0.15, 0.2) is 52.1 Å². The molecule has 0 aliphatic rings. The first kappa shape index (κ1) is 17.2. The molecule has 0 atom stereocenters. The molecule has 0 saturated heterocycles. The summed E-state index contributed by atoms with van der Waals surface area (Å²) in [4.78, 5) is 12.2. The topological polar surface area (TPSA) is 65.2 Å². The van der Waals surface area contributed by atoms with E-state index in [4.69, 9.17) is 9.15 Å². The van der Waals surface area contributed by atoms with Crippen LogP contribution in [-0.2, 0) is 0 Å². The number of hydrogen-bond acceptors (Lipinski definition) is 6. The van der Waals surface area contributed by atoms with Gasteiger partial charge in [0.05, 0.1) is 12.9 Å². The molecule has 0 spiro atoms. The number of halogens is 1. The van der Waals surface area contributed by atoms with Gasteiger partial charge in [-0.25, -0.2) is 4.39 Å². The number of Topliss-reactive ketones (excluding diaryl/α,β-unsaturated/α-hetero) is 1. The number of carbonyl (C=O) groups excluding carboxylic acids is 1. The average Bonchev–Trinajstić information content (AvgIpc) is 3.09. The Labute approximate surface area is 148 Å². The van der Waals surface area contributed by atoms with Gasteiger partial charge in [0.2, 0.25) is 5.89 Å². The number of aromatic nitrogens is 2. The monoisotopic (exact) mass is 358 g/mol. The van der Waals surface area contributed by atoms with Gasteiger partial charge in [-0.2, -0.15) is 0 Å². The maximum Gasteiger partial charge on any atom is 0.277 e. The van der Waals surface area contributed by atoms with Gasteiger partial charge in [0.15, 0.2) is 17.3 Å². The van der Waals surface area contributed by atoms with Crippen molar-refractivity contribution in [2.75, 3.05) is 12.9 Å². The quantitative estimate of drug-likeness (QED) is 0.487. The zero-order valence-corrected chi connectivity index (χ0v) is 14.5. The Kier molecular flexibility index (Phi) is 5.14. The Morgan fingerprint density at radius 3 is 2.64 bits per heavy atom. The van der Waals surface area contributed by atoms with Crippen LogP contribution in [-0.4, -0.2) is 28.8 Å². The average molecular weight is 358 g/mol. The number of nitrogens with zero attached hydrogens (tertiary/aromatic N) is 2. The highest BCUT2D eigenvalue weighted by Gasteiger charge is 2.14. The van der Waals surface area contributed by atoms with E-state index in [9.17, 15) is 9.18 Å². The first-order chi connectivity index (χ1) is 12.1. The van der Waals surface area contributed by atoms with Crippen LogP contribution in [0.4, 0.5) is 4.39 Å². The fourth-order valence-corrected chi connectivity index (χ4v) is 2.79. The summed E-state index contributed by atoms with van der Waals surface area (Å²) in [5.41, 5.74) is 2.22. The van der Waals surface area contributed by atoms with Crippen LogP contribution in [0.1, 0.15) is 15.9 Å². The van der Waals surface area contributed by atoms with Gasteiger partial charge in [-0.3, -0.25) is 4.79 Å². The first-order valence-corrected chi connectivity index (χ1v) is 8.45. The molecule has 0 amide bonds. The maximum atomic E-state index is 13.7. The standard InChI is InChI=1S/C18H15FN2O3S/c1-11-3-5-12(6-4-11)17-20-21-18(24-17)25-10-15(22)13-7-8-16(23-2)14(19)9-13/h3-9H,10H2,1-2H3. The van der Waals surface area contributed by atoms with Crippen LogP contribution in [0.3, 0.4) is 0 Å². The zero-order valence-electron chi connectivity index (χ0n) is 13.7. The second kappa shape index (κ2) is 7.48. The van der Waals surface area contributed by atoms with E-state index in [0.29, 0.717) is 5.89 Å². The third kappa shape index (κ3) is 4.06. The molecule has 1 heterocycles. The molecule has 5 nitrogen and oxygen atoms in total. The van der Waals surface area contributed by atoms with Crippen LogP contribution in [0.5, 0.6) is 5.75 Å². The SMILES string of the molecule is COc1ccc(C(=O)CSc2nnc(-c3ccc(C)cc3)o2)cc1F. The largest absolute Gasteiger partial charge is 0.494 e. The van der Waals surface area contributed by atoms with E-state index >= 15 is 0 Å². The number of rotatable bonds is 6. The molecule has 25 heavy (non-hydrogen) atoms. The number of methoxy groups -OCH3 is 1. The van der Waals surface area contributed by atoms with Crippen molar-refractivity contribution >= 4 is 17.5 Å². The highest BCUT2D eigenvalue weighted by Crippen LogP contribution is 2.25. The fourth-order valence-electron chi connectivity index (χ4n) is 2.13. The predicted octanol–water partition coefficient (Wildman–Crippen LogP) is 4.17. The molecule has 0 aliphatic carbocycles. The number of hydrogen-bond donors (Lipinski definition) is 0. The number of ketones is 1. The van der Waals surface area contributed by atoms with E-state index in [1.807, 2.05) is 31.2 Å². The van der Waals surface area contributed by atoms with E-state index in [0.717, 1.165) is 29.0 Å². The van der Waals surface area contributed by atoms with Crippen LogP contribution in [0, 0.1) is 12.7 Å². The smallest absolute Gasteiger partial charge is 0.277 e. The van der Waals surface area contributed by atoms with Crippen molar-refractivity contribution in [3.05, 3.63) is 59.4 Å². The van der Waals surface area contributed by atoms with Gasteiger partial charge in [-0.1, -0.05) is 29.5 Å². The molecule has 7 heteroatoms. The summed E-state index contributed by atoms with van der Waals surface area (Å²) in [7, 11) is 1.37. The lowest BCUT2D eigenvalue weighted by molar-refractivity contribution is 0.102. The van der Waals surface area contributed by atoms with Gasteiger partial charge in [-0.05, 0) is 37.3 Å². The molecular weight excluding hydrogens is 343 g/mol. The fraction of sp³-hybridized carbons (Fsp3) is 0.167. The summed E-state index contributed by atoms with van der Waals surface area (Å²) in [6.07, 6.45) is 0. The Morgan fingerprint density at radius 1 is 1.20 bits per heavy atom. The Balaban J connectivity index is 1.65. The highest BCUT2D eigenvalue weighted by atomic mass is 32.2. The van der Waals surface area contributed by atoms with Crippen LogP contribution < -0.4 is 4.74 Å². The Hall–Kier alpha value is -2.67. The summed E-state index contributed by atoms with van der Waals surface area (Å²) in [6.45, 7) is 1.99. The number of aryl methyl sites for hydroxylation is 1. The number of thioether (sulfide) groups is 1. The number of ether oxygens (including phenoxy) is 1. The van der Waals surface area contributed by atoms with E-state index in [1.54, 1.807) is 0 Å². The van der Waals surface area contributed by atoms with E-state index < -0.39 is 5.82 Å². The number of benzene rings is 2. The molecular formula is C18H15FN2O3S. The maximum absolute atomic E-state index is 13.7. The van der Waals surface area contributed by atoms with Gasteiger partial charge < -0.3 is 9.15 Å². The van der Waals surface area contributed by atoms with Gasteiger partial charge in [0.25, 0.3) is 5.22 Å². The first-order valence-electron chi connectivity index (χ1n) is 7.47. The second-order valence-corrected chi connectivity index (χ2v) is 6.23. The Bertz CT molecular complexity index is 894. The van der Waals surface area contributed by atoms with Gasteiger partial charge in [-0.15, -0.1) is 10.2 Å². The van der Waals surface area contributed by atoms with E-state index in [1.165, 1.54) is 19.2 Å². The third-order valence-electron chi connectivity index (χ3n) is 3.51. The lowest BCUT2D eigenvalue weighted by atomic mass is 10.1. The highest BCUT2D eigenvalue weighted by molar-refractivity contribution is 7.99. The zero-order chi connectivity index (χ0) is 17.8. The van der Waals surface area contributed by atoms with Crippen molar-refractivity contribution in [3.63, 3.8) is 0 Å². The van der Waals surface area contributed by atoms with Crippen molar-refractivity contribution < 1.29 is 18.3 Å². The minimum absolute atomic E-state index is 0.0707. The molecule has 2 aromatic carbocycles. The number of carbonyl (C=O) groups is 1. The molecule has 0 bridgehead atoms. The molecule has 128 valence electrons. The minimum atomic E-state index is -0.571. The summed E-state index contributed by atoms with van der Waals surface area (Å²) in [6, 6.07) is 11.8. The summed E-state index contributed by atoms with van der Waals surface area (Å²) in [5.74, 6) is -0.241. The van der Waals surface area contributed by atoms with Crippen molar-refractivity contribution in [1.29, 1.82) is 0 Å². The Morgan fingerprint density at radius 2 is 1.96 bits per heavy atom. The van der Waals surface area contributed by atoms with E-state index in [-0.39, 0.29) is 28.1 Å². The van der Waals surface area contributed by atoms with Gasteiger partial charge >= 0.3 is 0 Å². The lowest BCUT2D eigenvalue weighted by Crippen LogP contribution is -2.03. The van der Waals surface area contributed by atoms with Gasteiger partial charge in [0, 0.05) is 11.1 Å². The van der Waals surface area contributed by atoms with Crippen molar-refractivity contribution in [3.8, 4) is 17.2 Å². The summed E-state index contributed by atoms with van der Waals surface area (Å²) >= 11 is 1.11. The third-order valence-corrected chi connectivity index (χ3v) is 4.32. The normalized spacial score (nSPS) is 10.7. The minimum Gasteiger partial charge on any atom is -0.494 e. The van der Waals surface area contributed by atoms with Crippen molar-refractivity contribution in [2.24, 2.45) is 0 Å². The molecule has 0 aliphatic heterocycles. The second-order valence-electron chi connectivity index (χ2n) is 5.30.